The van der Waals surface area contributed by atoms with Crippen molar-refractivity contribution in [2.24, 2.45) is 0 Å². The Bertz CT molecular complexity index is 1010. The molecule has 142 valence electrons. The first-order valence-corrected chi connectivity index (χ1v) is 9.93. The van der Waals surface area contributed by atoms with Crippen molar-refractivity contribution in [2.45, 2.75) is 37.6 Å². The highest BCUT2D eigenvalue weighted by atomic mass is 32.2. The summed E-state index contributed by atoms with van der Waals surface area (Å²) in [7, 11) is -4.04. The Balaban J connectivity index is 1.86. The van der Waals surface area contributed by atoms with E-state index in [0.29, 0.717) is 6.42 Å². The molecule has 9 heteroatoms. The molecule has 1 aliphatic carbocycles. The molecule has 3 rings (SSSR count). The van der Waals surface area contributed by atoms with Crippen LogP contribution < -0.4 is 4.72 Å². The van der Waals surface area contributed by atoms with Crippen LogP contribution >= 0.6 is 0 Å². The summed E-state index contributed by atoms with van der Waals surface area (Å²) < 4.78 is 65.5. The zero-order chi connectivity index (χ0) is 19.7. The molecule has 0 aliphatic heterocycles. The summed E-state index contributed by atoms with van der Waals surface area (Å²) in [6.07, 6.45) is -1.15. The molecule has 1 N–H and O–H groups in total. The Labute approximate surface area is 154 Å². The van der Waals surface area contributed by atoms with Crippen molar-refractivity contribution in [1.82, 2.24) is 4.98 Å². The number of anilines is 1. The highest BCUT2D eigenvalue weighted by molar-refractivity contribution is 7.91. The largest absolute Gasteiger partial charge is 0.416 e. The maximum absolute atomic E-state index is 12.8. The number of rotatable bonds is 4. The van der Waals surface area contributed by atoms with Crippen LogP contribution in [0.15, 0.2) is 30.3 Å². The van der Waals surface area contributed by atoms with E-state index in [4.69, 9.17) is 0 Å². The van der Waals surface area contributed by atoms with Gasteiger partial charge in [0.25, 0.3) is 0 Å². The molecule has 1 heterocycles. The van der Waals surface area contributed by atoms with Crippen molar-refractivity contribution in [3.8, 4) is 6.07 Å². The molecule has 1 aliphatic rings. The van der Waals surface area contributed by atoms with Gasteiger partial charge in [-0.15, -0.1) is 0 Å². The number of pyridine rings is 1. The minimum absolute atomic E-state index is 0.00575. The van der Waals surface area contributed by atoms with Gasteiger partial charge in [0.1, 0.15) is 6.07 Å². The van der Waals surface area contributed by atoms with Crippen LogP contribution in [0, 0.1) is 11.3 Å². The fraction of sp³-hybridized carbons (Fsp3) is 0.333. The number of halogens is 3. The quantitative estimate of drug-likeness (QED) is 0.854. The first-order valence-electron chi connectivity index (χ1n) is 8.27. The predicted molar refractivity (Wildman–Crippen MR) is 93.3 cm³/mol. The summed E-state index contributed by atoms with van der Waals surface area (Å²) in [6.45, 7) is 0. The minimum Gasteiger partial charge on any atom is -0.266 e. The van der Waals surface area contributed by atoms with Gasteiger partial charge in [0.15, 0.2) is 5.82 Å². The molecular weight excluding hydrogens is 379 g/mol. The molecule has 1 aromatic carbocycles. The summed E-state index contributed by atoms with van der Waals surface area (Å²) in [5, 5.41) is 9.28. The number of alkyl halides is 3. The Kier molecular flexibility index (Phi) is 5.11. The lowest BCUT2D eigenvalue weighted by Crippen LogP contribution is -2.19. The molecule has 2 aromatic rings. The number of nitrogens with one attached hydrogen (secondary N) is 1. The molecule has 0 saturated carbocycles. The van der Waals surface area contributed by atoms with E-state index in [2.05, 4.69) is 9.71 Å². The van der Waals surface area contributed by atoms with E-state index in [1.807, 2.05) is 6.07 Å². The number of aromatic nitrogens is 1. The summed E-state index contributed by atoms with van der Waals surface area (Å²) in [5.41, 5.74) is 0.854. The van der Waals surface area contributed by atoms with Gasteiger partial charge in [-0.2, -0.15) is 18.4 Å². The second-order valence-corrected chi connectivity index (χ2v) is 8.09. The second kappa shape index (κ2) is 7.19. The van der Waals surface area contributed by atoms with E-state index < -0.39 is 27.5 Å². The molecule has 0 atom stereocenters. The Morgan fingerprint density at radius 2 is 1.93 bits per heavy atom. The number of nitriles is 1. The van der Waals surface area contributed by atoms with Crippen molar-refractivity contribution in [3.05, 3.63) is 58.3 Å². The maximum atomic E-state index is 12.8. The van der Waals surface area contributed by atoms with Crippen molar-refractivity contribution in [1.29, 1.82) is 5.26 Å². The highest BCUT2D eigenvalue weighted by Crippen LogP contribution is 2.30. The van der Waals surface area contributed by atoms with Crippen molar-refractivity contribution < 1.29 is 21.6 Å². The number of nitrogens with zero attached hydrogens (tertiary/aromatic N) is 2. The number of fused-ring (bicyclic) bond motifs is 1. The topological polar surface area (TPSA) is 82.8 Å². The van der Waals surface area contributed by atoms with E-state index in [0.717, 1.165) is 48.7 Å². The number of hydrogen-bond acceptors (Lipinski definition) is 4. The molecule has 0 bridgehead atoms. The standard InChI is InChI=1S/C18H16F3N3O2S/c19-18(20,21)15-6-3-4-12(8-15)11-27(25,26)24-17-14(10-22)9-13-5-1-2-7-16(13)23-17/h3-4,6,8-9H,1-2,5,7,11H2,(H,23,24). The zero-order valence-electron chi connectivity index (χ0n) is 14.2. The van der Waals surface area contributed by atoms with Gasteiger partial charge in [0.05, 0.1) is 16.9 Å². The van der Waals surface area contributed by atoms with Crippen LogP contribution in [0.5, 0.6) is 0 Å². The maximum Gasteiger partial charge on any atom is 0.416 e. The lowest BCUT2D eigenvalue weighted by molar-refractivity contribution is -0.137. The van der Waals surface area contributed by atoms with Gasteiger partial charge < -0.3 is 0 Å². The minimum atomic E-state index is -4.55. The van der Waals surface area contributed by atoms with Crippen molar-refractivity contribution in [2.75, 3.05) is 4.72 Å². The second-order valence-electron chi connectivity index (χ2n) is 6.37. The SMILES string of the molecule is N#Cc1cc2c(nc1NS(=O)(=O)Cc1cccc(C(F)(F)F)c1)CCCC2. The molecule has 0 radical (unpaired) electrons. The first-order chi connectivity index (χ1) is 12.7. The molecule has 0 amide bonds. The molecule has 1 aromatic heterocycles. The van der Waals surface area contributed by atoms with Gasteiger partial charge in [0, 0.05) is 5.69 Å². The van der Waals surface area contributed by atoms with Gasteiger partial charge >= 0.3 is 6.18 Å². The lowest BCUT2D eigenvalue weighted by Gasteiger charge is -2.17. The number of aryl methyl sites for hydroxylation is 2. The van der Waals surface area contributed by atoms with Crippen LogP contribution in [-0.4, -0.2) is 13.4 Å². The first kappa shape index (κ1) is 19.2. The molecule has 0 spiro atoms. The van der Waals surface area contributed by atoms with E-state index in [1.165, 1.54) is 6.07 Å². The van der Waals surface area contributed by atoms with E-state index in [-0.39, 0.29) is 16.9 Å². The molecular formula is C18H16F3N3O2S. The average molecular weight is 395 g/mol. The van der Waals surface area contributed by atoms with Crippen LogP contribution in [-0.2, 0) is 34.8 Å². The van der Waals surface area contributed by atoms with Crippen LogP contribution in [0.3, 0.4) is 0 Å². The number of benzene rings is 1. The third-order valence-electron chi connectivity index (χ3n) is 4.28. The predicted octanol–water partition coefficient (Wildman–Crippen LogP) is 3.79. The fourth-order valence-corrected chi connectivity index (χ4v) is 4.18. The van der Waals surface area contributed by atoms with Gasteiger partial charge in [0.2, 0.25) is 10.0 Å². The van der Waals surface area contributed by atoms with E-state index in [9.17, 15) is 26.9 Å². The van der Waals surface area contributed by atoms with Crippen LogP contribution in [0.2, 0.25) is 0 Å². The van der Waals surface area contributed by atoms with Crippen LogP contribution in [0.25, 0.3) is 0 Å². The van der Waals surface area contributed by atoms with Gasteiger partial charge in [-0.05, 0) is 48.9 Å². The fourth-order valence-electron chi connectivity index (χ4n) is 3.04. The third-order valence-corrected chi connectivity index (χ3v) is 5.50. The smallest absolute Gasteiger partial charge is 0.266 e. The van der Waals surface area contributed by atoms with Gasteiger partial charge in [-0.25, -0.2) is 13.4 Å². The summed E-state index contributed by atoms with van der Waals surface area (Å²) in [5.74, 6) is -0.731. The monoisotopic (exact) mass is 395 g/mol. The van der Waals surface area contributed by atoms with Crippen molar-refractivity contribution in [3.63, 3.8) is 0 Å². The van der Waals surface area contributed by atoms with Crippen LogP contribution in [0.4, 0.5) is 19.0 Å². The molecule has 0 fully saturated rings. The molecule has 0 unspecified atom stereocenters. The normalized spacial score (nSPS) is 14.3. The lowest BCUT2D eigenvalue weighted by atomic mass is 9.95. The van der Waals surface area contributed by atoms with Crippen molar-refractivity contribution >= 4 is 15.8 Å². The summed E-state index contributed by atoms with van der Waals surface area (Å²) in [6, 6.07) is 7.69. The molecule has 27 heavy (non-hydrogen) atoms. The van der Waals surface area contributed by atoms with Crippen LogP contribution in [0.1, 0.15) is 40.8 Å². The summed E-state index contributed by atoms with van der Waals surface area (Å²) in [4.78, 5) is 4.27. The van der Waals surface area contributed by atoms with E-state index >= 15 is 0 Å². The third kappa shape index (κ3) is 4.57. The zero-order valence-corrected chi connectivity index (χ0v) is 15.0. The van der Waals surface area contributed by atoms with Gasteiger partial charge in [-0.3, -0.25) is 4.72 Å². The Hall–Kier alpha value is -2.60. The Morgan fingerprint density at radius 3 is 2.63 bits per heavy atom. The molecule has 0 saturated heterocycles. The summed E-state index contributed by atoms with van der Waals surface area (Å²) >= 11 is 0. The van der Waals surface area contributed by atoms with Gasteiger partial charge in [-0.1, -0.05) is 18.2 Å². The van der Waals surface area contributed by atoms with E-state index in [1.54, 1.807) is 6.07 Å². The Morgan fingerprint density at radius 1 is 1.19 bits per heavy atom. The number of sulfonamides is 1. The number of hydrogen-bond donors (Lipinski definition) is 1. The average Bonchev–Trinajstić information content (AvgIpc) is 2.60. The highest BCUT2D eigenvalue weighted by Gasteiger charge is 2.30. The molecule has 5 nitrogen and oxygen atoms in total.